The number of aliphatic hydroxyl groups excluding tert-OH is 1. The Morgan fingerprint density at radius 3 is 2.61 bits per heavy atom. The number of benzene rings is 1. The summed E-state index contributed by atoms with van der Waals surface area (Å²) in [5.74, 6) is 0.355. The number of rotatable bonds is 3. The van der Waals surface area contributed by atoms with Gasteiger partial charge in [0, 0.05) is 35.3 Å². The molecule has 18 heavy (non-hydrogen) atoms. The van der Waals surface area contributed by atoms with Crippen LogP contribution in [0, 0.1) is 5.92 Å². The Morgan fingerprint density at radius 1 is 1.33 bits per heavy atom. The molecular formula is C13H15Cl2NO2. The van der Waals surface area contributed by atoms with E-state index < -0.39 is 0 Å². The van der Waals surface area contributed by atoms with Crippen molar-refractivity contribution >= 4 is 29.1 Å². The van der Waals surface area contributed by atoms with Crippen molar-refractivity contribution in [2.45, 2.75) is 12.8 Å². The zero-order valence-corrected chi connectivity index (χ0v) is 11.4. The first-order valence-electron chi connectivity index (χ1n) is 5.96. The summed E-state index contributed by atoms with van der Waals surface area (Å²) < 4.78 is 0. The lowest BCUT2D eigenvalue weighted by atomic mass is 10.1. The summed E-state index contributed by atoms with van der Waals surface area (Å²) in [5, 5.41) is 9.84. The van der Waals surface area contributed by atoms with Crippen LogP contribution in [0.3, 0.4) is 0 Å². The van der Waals surface area contributed by atoms with E-state index in [9.17, 15) is 4.79 Å². The topological polar surface area (TPSA) is 40.5 Å². The van der Waals surface area contributed by atoms with Crippen molar-refractivity contribution in [3.63, 3.8) is 0 Å². The molecule has 1 aliphatic rings. The summed E-state index contributed by atoms with van der Waals surface area (Å²) in [4.78, 5) is 14.0. The van der Waals surface area contributed by atoms with Gasteiger partial charge in [0.15, 0.2) is 0 Å². The molecule has 0 radical (unpaired) electrons. The number of hydrogen-bond donors (Lipinski definition) is 1. The molecule has 0 aliphatic carbocycles. The van der Waals surface area contributed by atoms with Crippen LogP contribution < -0.4 is 0 Å². The molecular weight excluding hydrogens is 273 g/mol. The summed E-state index contributed by atoms with van der Waals surface area (Å²) in [6, 6.07) is 4.88. The monoisotopic (exact) mass is 287 g/mol. The molecule has 1 aromatic rings. The molecule has 0 saturated carbocycles. The first-order valence-corrected chi connectivity index (χ1v) is 6.72. The van der Waals surface area contributed by atoms with Crippen LogP contribution in [0.4, 0.5) is 0 Å². The SMILES string of the molecule is O=C(c1cc(Cl)cc(Cl)c1)N1CCC(CCO)C1. The molecule has 3 nitrogen and oxygen atoms in total. The highest BCUT2D eigenvalue weighted by Crippen LogP contribution is 2.24. The smallest absolute Gasteiger partial charge is 0.253 e. The lowest BCUT2D eigenvalue weighted by molar-refractivity contribution is 0.0784. The minimum Gasteiger partial charge on any atom is -0.396 e. The number of amides is 1. The lowest BCUT2D eigenvalue weighted by Gasteiger charge is -2.16. The van der Waals surface area contributed by atoms with Crippen LogP contribution in [0.15, 0.2) is 18.2 Å². The van der Waals surface area contributed by atoms with Crippen LogP contribution in [0.2, 0.25) is 10.0 Å². The van der Waals surface area contributed by atoms with Gasteiger partial charge in [0.25, 0.3) is 5.91 Å². The van der Waals surface area contributed by atoms with E-state index >= 15 is 0 Å². The van der Waals surface area contributed by atoms with Gasteiger partial charge in [0.2, 0.25) is 0 Å². The van der Waals surface area contributed by atoms with Gasteiger partial charge in [-0.2, -0.15) is 0 Å². The maximum atomic E-state index is 12.2. The van der Waals surface area contributed by atoms with Gasteiger partial charge < -0.3 is 10.0 Å². The molecule has 1 heterocycles. The van der Waals surface area contributed by atoms with Gasteiger partial charge in [-0.3, -0.25) is 4.79 Å². The Bertz CT molecular complexity index is 430. The highest BCUT2D eigenvalue weighted by atomic mass is 35.5. The van der Waals surface area contributed by atoms with E-state index in [1.807, 2.05) is 0 Å². The molecule has 0 bridgehead atoms. The molecule has 5 heteroatoms. The molecule has 0 spiro atoms. The highest BCUT2D eigenvalue weighted by Gasteiger charge is 2.26. The standard InChI is InChI=1S/C13H15Cl2NO2/c14-11-5-10(6-12(15)7-11)13(18)16-3-1-9(8-16)2-4-17/h5-7,9,17H,1-4,8H2. The third-order valence-electron chi connectivity index (χ3n) is 3.22. The fourth-order valence-corrected chi connectivity index (χ4v) is 2.82. The number of carbonyl (C=O) groups is 1. The van der Waals surface area contributed by atoms with Crippen LogP contribution in [0.5, 0.6) is 0 Å². The maximum Gasteiger partial charge on any atom is 0.253 e. The number of aliphatic hydroxyl groups is 1. The zero-order chi connectivity index (χ0) is 13.1. The minimum atomic E-state index is -0.0418. The van der Waals surface area contributed by atoms with Crippen molar-refractivity contribution in [1.29, 1.82) is 0 Å². The Hall–Kier alpha value is -0.770. The molecule has 2 rings (SSSR count). The van der Waals surface area contributed by atoms with Gasteiger partial charge in [0.05, 0.1) is 0 Å². The summed E-state index contributed by atoms with van der Waals surface area (Å²) in [6.45, 7) is 1.60. The number of likely N-dealkylation sites (tertiary alicyclic amines) is 1. The first-order chi connectivity index (χ1) is 8.60. The van der Waals surface area contributed by atoms with E-state index in [-0.39, 0.29) is 12.5 Å². The van der Waals surface area contributed by atoms with Crippen molar-refractivity contribution < 1.29 is 9.90 Å². The van der Waals surface area contributed by atoms with Crippen molar-refractivity contribution in [3.05, 3.63) is 33.8 Å². The van der Waals surface area contributed by atoms with Gasteiger partial charge in [-0.15, -0.1) is 0 Å². The molecule has 1 N–H and O–H groups in total. The van der Waals surface area contributed by atoms with E-state index in [1.54, 1.807) is 23.1 Å². The summed E-state index contributed by atoms with van der Waals surface area (Å²) in [7, 11) is 0. The number of halogens is 2. The lowest BCUT2D eigenvalue weighted by Crippen LogP contribution is -2.28. The van der Waals surface area contributed by atoms with Crippen LogP contribution in [0.25, 0.3) is 0 Å². The van der Waals surface area contributed by atoms with Gasteiger partial charge in [-0.25, -0.2) is 0 Å². The zero-order valence-electron chi connectivity index (χ0n) is 9.90. The van der Waals surface area contributed by atoms with E-state index in [0.717, 1.165) is 19.4 Å². The minimum absolute atomic E-state index is 0.0418. The molecule has 1 unspecified atom stereocenters. The van der Waals surface area contributed by atoms with Crippen molar-refractivity contribution in [2.75, 3.05) is 19.7 Å². The predicted molar refractivity (Wildman–Crippen MR) is 72.2 cm³/mol. The molecule has 1 amide bonds. The fourth-order valence-electron chi connectivity index (χ4n) is 2.30. The summed E-state index contributed by atoms with van der Waals surface area (Å²) >= 11 is 11.8. The molecule has 1 atom stereocenters. The van der Waals surface area contributed by atoms with Gasteiger partial charge in [0.1, 0.15) is 0 Å². The predicted octanol–water partition coefficient (Wildman–Crippen LogP) is 2.84. The molecule has 1 saturated heterocycles. The van der Waals surface area contributed by atoms with Crippen molar-refractivity contribution in [3.8, 4) is 0 Å². The van der Waals surface area contributed by atoms with Crippen molar-refractivity contribution in [2.24, 2.45) is 5.92 Å². The third kappa shape index (κ3) is 3.16. The Balaban J connectivity index is 2.08. The van der Waals surface area contributed by atoms with E-state index in [4.69, 9.17) is 28.3 Å². The second-order valence-corrected chi connectivity index (χ2v) is 5.45. The Labute approximate surface area is 116 Å². The number of nitrogens with zero attached hydrogens (tertiary/aromatic N) is 1. The van der Waals surface area contributed by atoms with Gasteiger partial charge in [-0.1, -0.05) is 23.2 Å². The van der Waals surface area contributed by atoms with Crippen LogP contribution >= 0.6 is 23.2 Å². The largest absolute Gasteiger partial charge is 0.396 e. The van der Waals surface area contributed by atoms with Gasteiger partial charge >= 0.3 is 0 Å². The van der Waals surface area contributed by atoms with Crippen LogP contribution in [-0.4, -0.2) is 35.6 Å². The number of hydrogen-bond acceptors (Lipinski definition) is 2. The number of carbonyl (C=O) groups excluding carboxylic acids is 1. The van der Waals surface area contributed by atoms with E-state index in [2.05, 4.69) is 0 Å². The molecule has 1 fully saturated rings. The Morgan fingerprint density at radius 2 is 2.00 bits per heavy atom. The van der Waals surface area contributed by atoms with Crippen molar-refractivity contribution in [1.82, 2.24) is 4.90 Å². The fraction of sp³-hybridized carbons (Fsp3) is 0.462. The maximum absolute atomic E-state index is 12.2. The quantitative estimate of drug-likeness (QED) is 0.929. The van der Waals surface area contributed by atoms with Crippen LogP contribution in [0.1, 0.15) is 23.2 Å². The average molecular weight is 288 g/mol. The summed E-state index contributed by atoms with van der Waals surface area (Å²) in [5.41, 5.74) is 0.525. The molecule has 0 aromatic heterocycles. The van der Waals surface area contributed by atoms with Crippen LogP contribution in [-0.2, 0) is 0 Å². The first kappa shape index (κ1) is 13.7. The highest BCUT2D eigenvalue weighted by molar-refractivity contribution is 6.35. The molecule has 1 aromatic carbocycles. The van der Waals surface area contributed by atoms with Gasteiger partial charge in [-0.05, 0) is 37.0 Å². The molecule has 98 valence electrons. The second kappa shape index (κ2) is 5.91. The average Bonchev–Trinajstić information content (AvgIpc) is 2.76. The second-order valence-electron chi connectivity index (χ2n) is 4.58. The third-order valence-corrected chi connectivity index (χ3v) is 3.66. The molecule has 1 aliphatic heterocycles. The van der Waals surface area contributed by atoms with E-state index in [0.29, 0.717) is 28.1 Å². The summed E-state index contributed by atoms with van der Waals surface area (Å²) in [6.07, 6.45) is 1.70. The van der Waals surface area contributed by atoms with E-state index in [1.165, 1.54) is 0 Å². The Kier molecular flexibility index (Phi) is 4.49. The normalized spacial score (nSPS) is 19.3.